The first-order valence-electron chi connectivity index (χ1n) is 4.37. The number of esters is 1. The van der Waals surface area contributed by atoms with Gasteiger partial charge < -0.3 is 4.74 Å². The number of ether oxygens (including phenoxy) is 1. The molecule has 0 saturated carbocycles. The molecule has 5 nitrogen and oxygen atoms in total. The van der Waals surface area contributed by atoms with Gasteiger partial charge >= 0.3 is 25.8 Å². The van der Waals surface area contributed by atoms with E-state index < -0.39 is 36.6 Å². The van der Waals surface area contributed by atoms with Crippen molar-refractivity contribution in [1.82, 2.24) is 0 Å². The Balaban J connectivity index is 0.000000557. The molecule has 0 N–H and O–H groups in total. The van der Waals surface area contributed by atoms with Gasteiger partial charge in [-0.3, -0.25) is 4.21 Å². The molecule has 0 aliphatic carbocycles. The number of hydrogen-bond acceptors (Lipinski definition) is 5. The summed E-state index contributed by atoms with van der Waals surface area (Å²) in [6.07, 6.45) is 3.28. The minimum atomic E-state index is -3.60. The van der Waals surface area contributed by atoms with Crippen LogP contribution < -0.4 is 0 Å². The maximum atomic E-state index is 11.1. The molecular weight excluding hydrogens is 359 g/mol. The fourth-order valence-corrected chi connectivity index (χ4v) is 2.25. The monoisotopic (exact) mass is 372 g/mol. The molecule has 0 unspecified atom stereocenters. The predicted molar refractivity (Wildman–Crippen MR) is 71.9 cm³/mol. The summed E-state index contributed by atoms with van der Waals surface area (Å²) in [5.74, 6) is -0.621. The van der Waals surface area contributed by atoms with Gasteiger partial charge in [-0.1, -0.05) is 12.1 Å². The first-order valence-corrected chi connectivity index (χ1v) is 9.18. The average molecular weight is 372 g/mol. The van der Waals surface area contributed by atoms with Crippen molar-refractivity contribution in [1.29, 1.82) is 0 Å². The lowest BCUT2D eigenvalue weighted by Gasteiger charge is -1.99. The van der Waals surface area contributed by atoms with Crippen LogP contribution in [0.2, 0.25) is 0 Å². The van der Waals surface area contributed by atoms with Crippen molar-refractivity contribution in [2.24, 2.45) is 0 Å². The third kappa shape index (κ3) is 6.47. The molecule has 96 valence electrons. The largest absolute Gasteiger partial charge is 0.465 e. The minimum absolute atomic E-state index is 0.0820. The average Bonchev–Trinajstić information content (AvgIpc) is 2.27. The van der Waals surface area contributed by atoms with Crippen LogP contribution in [0.25, 0.3) is 0 Å². The topological polar surface area (TPSA) is 77.5 Å². The summed E-state index contributed by atoms with van der Waals surface area (Å²) in [5.41, 5.74) is 0.111. The quantitative estimate of drug-likeness (QED) is 0.585. The Morgan fingerprint density at radius 1 is 1.24 bits per heavy atom. The van der Waals surface area contributed by atoms with Gasteiger partial charge in [-0.15, -0.1) is 0 Å². The Kier molecular flexibility index (Phi) is 7.88. The number of carbonyl (C=O) groups excluding carboxylic acids is 1. The van der Waals surface area contributed by atoms with E-state index in [1.165, 1.54) is 19.2 Å². The molecule has 0 bridgehead atoms. The highest BCUT2D eigenvalue weighted by Gasteiger charge is 2.13. The Bertz CT molecular complexity index is 469. The zero-order valence-corrected chi connectivity index (χ0v) is 12.6. The van der Waals surface area contributed by atoms with Crippen molar-refractivity contribution >= 4 is 36.6 Å². The van der Waals surface area contributed by atoms with Gasteiger partial charge in [0.25, 0.3) is 0 Å². The van der Waals surface area contributed by atoms with Crippen LogP contribution in [0.15, 0.2) is 24.3 Å². The Hall–Kier alpha value is -0.830. The van der Waals surface area contributed by atoms with Crippen molar-refractivity contribution in [3.05, 3.63) is 33.4 Å². The van der Waals surface area contributed by atoms with Crippen molar-refractivity contribution in [2.45, 2.75) is 0 Å². The Morgan fingerprint density at radius 2 is 1.71 bits per heavy atom. The first-order chi connectivity index (χ1) is 7.90. The number of hydrogen-bond donors (Lipinski definition) is 0. The Morgan fingerprint density at radius 3 is 2.12 bits per heavy atom. The molecule has 0 aliphatic rings. The summed E-state index contributed by atoms with van der Waals surface area (Å²) in [7, 11) is 0.604. The SMILES string of the molecule is COC(=O)c1ccccc1I(=O)=O.CS(C)=O. The molecule has 0 amide bonds. The summed E-state index contributed by atoms with van der Waals surface area (Å²) in [4.78, 5) is 11.1. The van der Waals surface area contributed by atoms with Gasteiger partial charge in [0, 0.05) is 23.3 Å². The molecule has 0 spiro atoms. The first kappa shape index (κ1) is 16.2. The van der Waals surface area contributed by atoms with E-state index in [0.717, 1.165) is 0 Å². The second-order valence-electron chi connectivity index (χ2n) is 2.93. The van der Waals surface area contributed by atoms with Gasteiger partial charge in [0.15, 0.2) is 0 Å². The van der Waals surface area contributed by atoms with Crippen molar-refractivity contribution in [3.63, 3.8) is 0 Å². The lowest BCUT2D eigenvalue weighted by Crippen LogP contribution is -2.03. The molecule has 0 aromatic heterocycles. The lowest BCUT2D eigenvalue weighted by molar-refractivity contribution is 0.0599. The van der Waals surface area contributed by atoms with Crippen LogP contribution >= 0.6 is 19.8 Å². The van der Waals surface area contributed by atoms with E-state index in [2.05, 4.69) is 4.74 Å². The maximum absolute atomic E-state index is 11.1. The molecule has 7 heteroatoms. The van der Waals surface area contributed by atoms with Crippen LogP contribution in [0.5, 0.6) is 0 Å². The van der Waals surface area contributed by atoms with E-state index >= 15 is 0 Å². The van der Waals surface area contributed by atoms with Gasteiger partial charge in [-0.25, -0.2) is 10.9 Å². The minimum Gasteiger partial charge on any atom is -0.465 e. The molecule has 0 fully saturated rings. The third-order valence-corrected chi connectivity index (χ3v) is 3.34. The van der Waals surface area contributed by atoms with E-state index in [1.807, 2.05) is 0 Å². The highest BCUT2D eigenvalue weighted by Crippen LogP contribution is 2.21. The summed E-state index contributed by atoms with van der Waals surface area (Å²) < 4.78 is 35.6. The molecular formula is C10H13IO5S. The molecule has 1 aromatic carbocycles. The maximum Gasteiger partial charge on any atom is 0.341 e. The summed E-state index contributed by atoms with van der Waals surface area (Å²) in [5, 5.41) is 0. The lowest BCUT2D eigenvalue weighted by atomic mass is 10.2. The summed E-state index contributed by atoms with van der Waals surface area (Å²) in [6, 6.07) is 6.00. The molecule has 0 heterocycles. The van der Waals surface area contributed by atoms with Crippen LogP contribution in [-0.2, 0) is 21.7 Å². The van der Waals surface area contributed by atoms with Gasteiger partial charge in [-0.2, -0.15) is 0 Å². The number of halogens is 1. The highest BCUT2D eigenvalue weighted by molar-refractivity contribution is 14.2. The third-order valence-electron chi connectivity index (χ3n) is 1.45. The second kappa shape index (κ2) is 8.29. The van der Waals surface area contributed by atoms with Crippen LogP contribution in [0.1, 0.15) is 10.4 Å². The highest BCUT2D eigenvalue weighted by atomic mass is 127. The number of rotatable bonds is 2. The number of carbonyl (C=O) groups is 1. The van der Waals surface area contributed by atoms with Gasteiger partial charge in [-0.05, 0) is 12.1 Å². The van der Waals surface area contributed by atoms with Crippen LogP contribution in [0.4, 0.5) is 0 Å². The molecule has 0 aliphatic heterocycles. The fourth-order valence-electron chi connectivity index (χ4n) is 0.871. The zero-order valence-electron chi connectivity index (χ0n) is 9.64. The van der Waals surface area contributed by atoms with Crippen LogP contribution in [-0.4, -0.2) is 29.8 Å². The van der Waals surface area contributed by atoms with Gasteiger partial charge in [0.1, 0.15) is 0 Å². The van der Waals surface area contributed by atoms with Crippen molar-refractivity contribution in [3.8, 4) is 0 Å². The van der Waals surface area contributed by atoms with Crippen LogP contribution in [0.3, 0.4) is 0 Å². The van der Waals surface area contributed by atoms with E-state index in [4.69, 9.17) is 0 Å². The van der Waals surface area contributed by atoms with E-state index in [0.29, 0.717) is 0 Å². The molecule has 1 aromatic rings. The standard InChI is InChI=1S/C8H7IO4.C2H6OS/c1-13-8(10)6-4-2-3-5-7(6)9(11)12;1-4(2)3/h2-5H,1H3;1-2H3. The van der Waals surface area contributed by atoms with E-state index in [-0.39, 0.29) is 9.13 Å². The van der Waals surface area contributed by atoms with E-state index in [1.54, 1.807) is 24.6 Å². The summed E-state index contributed by atoms with van der Waals surface area (Å²) in [6.45, 7) is 0. The van der Waals surface area contributed by atoms with Crippen LogP contribution in [0, 0.1) is 3.57 Å². The van der Waals surface area contributed by atoms with Crippen molar-refractivity contribution < 1.29 is 19.9 Å². The van der Waals surface area contributed by atoms with E-state index in [9.17, 15) is 15.1 Å². The Labute approximate surface area is 109 Å². The molecule has 17 heavy (non-hydrogen) atoms. The zero-order chi connectivity index (χ0) is 13.4. The molecule has 1 rings (SSSR count). The molecule has 0 saturated heterocycles. The normalized spacial score (nSPS) is 9.71. The smallest absolute Gasteiger partial charge is 0.341 e. The molecule has 0 atom stereocenters. The number of methoxy groups -OCH3 is 1. The fraction of sp³-hybridized carbons (Fsp3) is 0.300. The van der Waals surface area contributed by atoms with Crippen molar-refractivity contribution in [2.75, 3.05) is 19.6 Å². The summed E-state index contributed by atoms with van der Waals surface area (Å²) >= 11 is -3.60. The second-order valence-corrected chi connectivity index (χ2v) is 6.82. The van der Waals surface area contributed by atoms with Gasteiger partial charge in [0.2, 0.25) is 0 Å². The molecule has 0 radical (unpaired) electrons. The number of benzene rings is 1. The predicted octanol–water partition coefficient (Wildman–Crippen LogP) is 1.83. The van der Waals surface area contributed by atoms with Gasteiger partial charge in [0.05, 0.1) is 16.2 Å².